The second-order valence-corrected chi connectivity index (χ2v) is 4.08. The lowest BCUT2D eigenvalue weighted by molar-refractivity contribution is 0.0696. The van der Waals surface area contributed by atoms with Crippen LogP contribution >= 0.6 is 11.8 Å². The van der Waals surface area contributed by atoms with Gasteiger partial charge in [0.15, 0.2) is 0 Å². The van der Waals surface area contributed by atoms with E-state index in [9.17, 15) is 13.6 Å². The quantitative estimate of drug-likeness (QED) is 0.811. The number of carbonyl (C=O) groups is 1. The molecule has 0 amide bonds. The molecule has 0 fully saturated rings. The van der Waals surface area contributed by atoms with E-state index in [1.54, 1.807) is 19.1 Å². The average Bonchev–Trinajstić information content (AvgIpc) is 2.16. The number of alkyl halides is 2. The Morgan fingerprint density at radius 1 is 1.53 bits per heavy atom. The van der Waals surface area contributed by atoms with Gasteiger partial charge in [0.05, 0.1) is 11.3 Å². The van der Waals surface area contributed by atoms with Crippen LogP contribution in [0.15, 0.2) is 23.1 Å². The molecule has 0 radical (unpaired) electrons. The Labute approximate surface area is 90.3 Å². The lowest BCUT2D eigenvalue weighted by Gasteiger charge is -2.04. The number of hydrogen-bond acceptors (Lipinski definition) is 2. The van der Waals surface area contributed by atoms with Crippen molar-refractivity contribution < 1.29 is 18.7 Å². The van der Waals surface area contributed by atoms with Crippen LogP contribution in [0.3, 0.4) is 0 Å². The zero-order valence-electron chi connectivity index (χ0n) is 8.04. The normalized spacial score (nSPS) is 10.7. The van der Waals surface area contributed by atoms with Gasteiger partial charge < -0.3 is 5.11 Å². The van der Waals surface area contributed by atoms with E-state index in [4.69, 9.17) is 5.11 Å². The zero-order valence-corrected chi connectivity index (χ0v) is 8.85. The molecule has 1 aromatic carbocycles. The fraction of sp³-hybridized carbons (Fsp3) is 0.300. The van der Waals surface area contributed by atoms with Crippen molar-refractivity contribution >= 4 is 17.7 Å². The molecule has 2 nitrogen and oxygen atoms in total. The molecule has 0 aromatic heterocycles. The second-order valence-electron chi connectivity index (χ2n) is 2.98. The topological polar surface area (TPSA) is 37.3 Å². The van der Waals surface area contributed by atoms with E-state index in [1.807, 2.05) is 0 Å². The van der Waals surface area contributed by atoms with Crippen molar-refractivity contribution in [1.82, 2.24) is 0 Å². The molecule has 0 aliphatic rings. The highest BCUT2D eigenvalue weighted by Crippen LogP contribution is 2.23. The first-order valence-electron chi connectivity index (χ1n) is 4.25. The van der Waals surface area contributed by atoms with E-state index < -0.39 is 12.4 Å². The summed E-state index contributed by atoms with van der Waals surface area (Å²) in [7, 11) is 0. The summed E-state index contributed by atoms with van der Waals surface area (Å²) in [4.78, 5) is 11.3. The maximum Gasteiger partial charge on any atom is 0.335 e. The first-order valence-corrected chi connectivity index (χ1v) is 5.24. The Kier molecular flexibility index (Phi) is 4.08. The first kappa shape index (κ1) is 12.0. The fourth-order valence-corrected chi connectivity index (χ4v) is 1.76. The molecule has 0 unspecified atom stereocenters. The molecule has 0 spiro atoms. The van der Waals surface area contributed by atoms with Crippen LogP contribution in [0.2, 0.25) is 0 Å². The van der Waals surface area contributed by atoms with Crippen molar-refractivity contribution in [1.29, 1.82) is 0 Å². The highest BCUT2D eigenvalue weighted by molar-refractivity contribution is 7.99. The summed E-state index contributed by atoms with van der Waals surface area (Å²) >= 11 is 0.955. The summed E-state index contributed by atoms with van der Waals surface area (Å²) < 4.78 is 23.8. The Bertz CT molecular complexity index is 366. The summed E-state index contributed by atoms with van der Waals surface area (Å²) in [6, 6.07) is 4.69. The van der Waals surface area contributed by atoms with Crippen LogP contribution in [0.4, 0.5) is 8.78 Å². The molecule has 0 saturated carbocycles. The molecule has 1 rings (SSSR count). The molecule has 5 heteroatoms. The Balaban J connectivity index is 2.83. The van der Waals surface area contributed by atoms with Crippen LogP contribution in [0.1, 0.15) is 15.9 Å². The van der Waals surface area contributed by atoms with Gasteiger partial charge in [-0.2, -0.15) is 0 Å². The third-order valence-electron chi connectivity index (χ3n) is 1.82. The van der Waals surface area contributed by atoms with Crippen molar-refractivity contribution in [3.63, 3.8) is 0 Å². The summed E-state index contributed by atoms with van der Waals surface area (Å²) in [5.41, 5.74) is 0.790. The number of aryl methyl sites for hydroxylation is 1. The molecule has 82 valence electrons. The SMILES string of the molecule is Cc1ccc(SCC(F)F)cc1C(=O)O. The van der Waals surface area contributed by atoms with Gasteiger partial charge in [-0.05, 0) is 24.6 Å². The van der Waals surface area contributed by atoms with Crippen molar-refractivity contribution in [2.24, 2.45) is 0 Å². The number of benzene rings is 1. The lowest BCUT2D eigenvalue weighted by Crippen LogP contribution is -2.00. The van der Waals surface area contributed by atoms with E-state index in [1.165, 1.54) is 6.07 Å². The second kappa shape index (κ2) is 5.11. The Morgan fingerprint density at radius 3 is 2.73 bits per heavy atom. The fourth-order valence-electron chi connectivity index (χ4n) is 1.08. The number of thioether (sulfide) groups is 1. The van der Waals surface area contributed by atoms with Gasteiger partial charge in [0.25, 0.3) is 0 Å². The van der Waals surface area contributed by atoms with Gasteiger partial charge in [-0.15, -0.1) is 11.8 Å². The van der Waals surface area contributed by atoms with Gasteiger partial charge in [-0.1, -0.05) is 6.07 Å². The standard InChI is InChI=1S/C10H10F2O2S/c1-6-2-3-7(15-5-9(11)12)4-8(6)10(13)14/h2-4,9H,5H2,1H3,(H,13,14). The first-order chi connectivity index (χ1) is 7.00. The lowest BCUT2D eigenvalue weighted by atomic mass is 10.1. The van der Waals surface area contributed by atoms with E-state index >= 15 is 0 Å². The Hall–Kier alpha value is -1.10. The molecule has 0 aliphatic carbocycles. The molecular weight excluding hydrogens is 222 g/mol. The smallest absolute Gasteiger partial charge is 0.335 e. The van der Waals surface area contributed by atoms with E-state index in [2.05, 4.69) is 0 Å². The van der Waals surface area contributed by atoms with Crippen LogP contribution in [-0.4, -0.2) is 23.3 Å². The van der Waals surface area contributed by atoms with Crippen molar-refractivity contribution in [2.45, 2.75) is 18.2 Å². The number of carboxylic acid groups (broad SMARTS) is 1. The molecule has 0 atom stereocenters. The van der Waals surface area contributed by atoms with Crippen LogP contribution in [0.25, 0.3) is 0 Å². The van der Waals surface area contributed by atoms with Crippen molar-refractivity contribution in [3.05, 3.63) is 29.3 Å². The monoisotopic (exact) mass is 232 g/mol. The van der Waals surface area contributed by atoms with Crippen LogP contribution in [0.5, 0.6) is 0 Å². The number of hydrogen-bond donors (Lipinski definition) is 1. The number of aromatic carboxylic acids is 1. The highest BCUT2D eigenvalue weighted by atomic mass is 32.2. The summed E-state index contributed by atoms with van der Waals surface area (Å²) in [5.74, 6) is -1.35. The third kappa shape index (κ3) is 3.51. The van der Waals surface area contributed by atoms with Crippen molar-refractivity contribution in [3.8, 4) is 0 Å². The molecule has 0 saturated heterocycles. The third-order valence-corrected chi connectivity index (χ3v) is 2.82. The molecule has 0 aliphatic heterocycles. The minimum Gasteiger partial charge on any atom is -0.478 e. The molecule has 1 N–H and O–H groups in total. The van der Waals surface area contributed by atoms with E-state index in [-0.39, 0.29) is 11.3 Å². The predicted octanol–water partition coefficient (Wildman–Crippen LogP) is 3.05. The van der Waals surface area contributed by atoms with Gasteiger partial charge in [-0.3, -0.25) is 0 Å². The van der Waals surface area contributed by atoms with Crippen LogP contribution < -0.4 is 0 Å². The van der Waals surface area contributed by atoms with E-state index in [0.29, 0.717) is 10.5 Å². The van der Waals surface area contributed by atoms with Gasteiger partial charge in [-0.25, -0.2) is 13.6 Å². The summed E-state index contributed by atoms with van der Waals surface area (Å²) in [5, 5.41) is 8.81. The average molecular weight is 232 g/mol. The summed E-state index contributed by atoms with van der Waals surface area (Å²) in [6.07, 6.45) is -2.38. The van der Waals surface area contributed by atoms with E-state index in [0.717, 1.165) is 11.8 Å². The van der Waals surface area contributed by atoms with Gasteiger partial charge >= 0.3 is 5.97 Å². The molecular formula is C10H10F2O2S. The summed E-state index contributed by atoms with van der Waals surface area (Å²) in [6.45, 7) is 1.67. The maximum atomic E-state index is 11.9. The van der Waals surface area contributed by atoms with Gasteiger partial charge in [0, 0.05) is 4.90 Å². The zero-order chi connectivity index (χ0) is 11.4. The Morgan fingerprint density at radius 2 is 2.20 bits per heavy atom. The predicted molar refractivity (Wildman–Crippen MR) is 54.9 cm³/mol. The number of halogens is 2. The minimum absolute atomic E-state index is 0.161. The number of rotatable bonds is 4. The molecule has 15 heavy (non-hydrogen) atoms. The van der Waals surface area contributed by atoms with Gasteiger partial charge in [0.2, 0.25) is 6.43 Å². The molecule has 1 aromatic rings. The van der Waals surface area contributed by atoms with Crippen LogP contribution in [-0.2, 0) is 0 Å². The van der Waals surface area contributed by atoms with Crippen LogP contribution in [0, 0.1) is 6.92 Å². The molecule has 0 heterocycles. The van der Waals surface area contributed by atoms with Gasteiger partial charge in [0.1, 0.15) is 0 Å². The number of carboxylic acids is 1. The largest absolute Gasteiger partial charge is 0.478 e. The highest BCUT2D eigenvalue weighted by Gasteiger charge is 2.09. The minimum atomic E-state index is -2.38. The molecule has 0 bridgehead atoms. The maximum absolute atomic E-state index is 11.9. The van der Waals surface area contributed by atoms with Crippen molar-refractivity contribution in [2.75, 3.05) is 5.75 Å².